The average molecular weight is 353 g/mol. The van der Waals surface area contributed by atoms with Crippen molar-refractivity contribution >= 4 is 27.7 Å². The first kappa shape index (κ1) is 15.3. The van der Waals surface area contributed by atoms with Gasteiger partial charge in [-0.25, -0.2) is 4.98 Å². The summed E-state index contributed by atoms with van der Waals surface area (Å²) >= 11 is 3.36. The molecule has 1 aromatic rings. The number of alkyl halides is 3. The summed E-state index contributed by atoms with van der Waals surface area (Å²) in [6, 6.07) is 0. The molecule has 0 aromatic carbocycles. The topological polar surface area (TPSA) is 41.1 Å². The quantitative estimate of drug-likeness (QED) is 0.904. The van der Waals surface area contributed by atoms with E-state index in [-0.39, 0.29) is 12.8 Å². The van der Waals surface area contributed by atoms with Gasteiger partial charge in [-0.15, -0.1) is 0 Å². The van der Waals surface area contributed by atoms with E-state index in [4.69, 9.17) is 0 Å². The molecule has 112 valence electrons. The van der Waals surface area contributed by atoms with E-state index in [0.29, 0.717) is 35.9 Å². The third kappa shape index (κ3) is 3.53. The highest BCUT2D eigenvalue weighted by molar-refractivity contribution is 9.10. The number of nitrogens with zero attached hydrogens (tertiary/aromatic N) is 3. The molecule has 2 heterocycles. The molecule has 1 aliphatic rings. The summed E-state index contributed by atoms with van der Waals surface area (Å²) in [6.45, 7) is 3.33. The average Bonchev–Trinajstić information content (AvgIpc) is 2.40. The van der Waals surface area contributed by atoms with E-state index in [2.05, 4.69) is 31.2 Å². The maximum atomic E-state index is 12.7. The molecule has 0 aliphatic carbocycles. The number of nitrogens with one attached hydrogen (secondary N) is 1. The molecule has 0 bridgehead atoms. The predicted molar refractivity (Wildman–Crippen MR) is 74.9 cm³/mol. The van der Waals surface area contributed by atoms with E-state index in [1.54, 1.807) is 6.20 Å². The van der Waals surface area contributed by atoms with Gasteiger partial charge in [-0.05, 0) is 35.7 Å². The smallest absolute Gasteiger partial charge is 0.355 e. The Morgan fingerprint density at radius 1 is 1.40 bits per heavy atom. The number of hydrogen-bond acceptors (Lipinski definition) is 4. The lowest BCUT2D eigenvalue weighted by Gasteiger charge is -2.34. The summed E-state index contributed by atoms with van der Waals surface area (Å²) in [5.74, 6) is -0.0622. The summed E-state index contributed by atoms with van der Waals surface area (Å²) in [6.07, 6.45) is -2.26. The Kier molecular flexibility index (Phi) is 4.72. The molecule has 0 radical (unpaired) electrons. The molecule has 0 unspecified atom stereocenters. The number of hydrogen-bond donors (Lipinski definition) is 1. The molecule has 2 rings (SSSR count). The minimum absolute atomic E-state index is 0.108. The molecule has 8 heteroatoms. The van der Waals surface area contributed by atoms with Gasteiger partial charge < -0.3 is 10.2 Å². The molecule has 4 nitrogen and oxygen atoms in total. The lowest BCUT2D eigenvalue weighted by atomic mass is 9.96. The van der Waals surface area contributed by atoms with E-state index < -0.39 is 12.1 Å². The van der Waals surface area contributed by atoms with Crippen LogP contribution in [0.25, 0.3) is 0 Å². The predicted octanol–water partition coefficient (Wildman–Crippen LogP) is 3.45. The number of piperidine rings is 1. The Labute approximate surface area is 123 Å². The lowest BCUT2D eigenvalue weighted by Crippen LogP contribution is -2.39. The van der Waals surface area contributed by atoms with Gasteiger partial charge in [-0.1, -0.05) is 0 Å². The molecule has 0 amide bonds. The van der Waals surface area contributed by atoms with Crippen LogP contribution in [0.15, 0.2) is 10.7 Å². The second-order valence-corrected chi connectivity index (χ2v) is 5.55. The van der Waals surface area contributed by atoms with E-state index in [9.17, 15) is 13.2 Å². The molecule has 20 heavy (non-hydrogen) atoms. The standard InChI is InChI=1S/C12H16BrF3N4/c1-2-17-11-18-7-9(13)10(19-11)20-5-3-8(4-6-20)12(14,15)16/h7-8H,2-6H2,1H3,(H,17,18,19). The van der Waals surface area contributed by atoms with Crippen molar-refractivity contribution in [1.82, 2.24) is 9.97 Å². The second-order valence-electron chi connectivity index (χ2n) is 4.70. The first-order chi connectivity index (χ1) is 9.41. The highest BCUT2D eigenvalue weighted by atomic mass is 79.9. The molecule has 0 saturated carbocycles. The van der Waals surface area contributed by atoms with Crippen molar-refractivity contribution in [3.63, 3.8) is 0 Å². The zero-order valence-corrected chi connectivity index (χ0v) is 12.6. The molecule has 0 spiro atoms. The summed E-state index contributed by atoms with van der Waals surface area (Å²) in [5.41, 5.74) is 0. The molecule has 0 atom stereocenters. The van der Waals surface area contributed by atoms with Gasteiger partial charge in [-0.3, -0.25) is 0 Å². The molecular weight excluding hydrogens is 337 g/mol. The third-order valence-corrected chi connectivity index (χ3v) is 3.88. The van der Waals surface area contributed by atoms with Gasteiger partial charge in [0.25, 0.3) is 0 Å². The zero-order chi connectivity index (χ0) is 14.8. The van der Waals surface area contributed by atoms with Crippen LogP contribution in [0.3, 0.4) is 0 Å². The number of aromatic nitrogens is 2. The fourth-order valence-electron chi connectivity index (χ4n) is 2.24. The van der Waals surface area contributed by atoms with Crippen LogP contribution >= 0.6 is 15.9 Å². The van der Waals surface area contributed by atoms with Crippen molar-refractivity contribution in [1.29, 1.82) is 0 Å². The highest BCUT2D eigenvalue weighted by Crippen LogP contribution is 2.36. The van der Waals surface area contributed by atoms with Crippen molar-refractivity contribution in [2.45, 2.75) is 25.9 Å². The van der Waals surface area contributed by atoms with Crippen LogP contribution in [0.1, 0.15) is 19.8 Å². The van der Waals surface area contributed by atoms with Crippen LogP contribution in [-0.2, 0) is 0 Å². The minimum Gasteiger partial charge on any atom is -0.355 e. The van der Waals surface area contributed by atoms with Gasteiger partial charge in [-0.2, -0.15) is 18.2 Å². The van der Waals surface area contributed by atoms with Gasteiger partial charge in [0, 0.05) is 25.8 Å². The van der Waals surface area contributed by atoms with E-state index in [1.807, 2.05) is 11.8 Å². The fourth-order valence-corrected chi connectivity index (χ4v) is 2.68. The van der Waals surface area contributed by atoms with Crippen molar-refractivity contribution in [2.75, 3.05) is 29.9 Å². The van der Waals surface area contributed by atoms with Crippen molar-refractivity contribution in [3.8, 4) is 0 Å². The Morgan fingerprint density at radius 3 is 2.60 bits per heavy atom. The van der Waals surface area contributed by atoms with Crippen molar-refractivity contribution < 1.29 is 13.2 Å². The SMILES string of the molecule is CCNc1ncc(Br)c(N2CCC(C(F)(F)F)CC2)n1. The summed E-state index contributed by atoms with van der Waals surface area (Å²) in [7, 11) is 0. The van der Waals surface area contributed by atoms with Crippen molar-refractivity contribution in [3.05, 3.63) is 10.7 Å². The molecule has 1 fully saturated rings. The Hall–Kier alpha value is -1.05. The summed E-state index contributed by atoms with van der Waals surface area (Å²) in [5, 5.41) is 3.00. The van der Waals surface area contributed by atoms with E-state index in [1.165, 1.54) is 0 Å². The Morgan fingerprint density at radius 2 is 2.05 bits per heavy atom. The van der Waals surface area contributed by atoms with Gasteiger partial charge in [0.15, 0.2) is 0 Å². The first-order valence-corrected chi connectivity index (χ1v) is 7.29. The molecule has 1 aromatic heterocycles. The number of halogens is 4. The normalized spacial score (nSPS) is 17.4. The van der Waals surface area contributed by atoms with Gasteiger partial charge in [0.2, 0.25) is 5.95 Å². The monoisotopic (exact) mass is 352 g/mol. The summed E-state index contributed by atoms with van der Waals surface area (Å²) in [4.78, 5) is 10.3. The highest BCUT2D eigenvalue weighted by Gasteiger charge is 2.41. The Balaban J connectivity index is 2.08. The van der Waals surface area contributed by atoms with Crippen LogP contribution in [0, 0.1) is 5.92 Å². The molecule has 1 aliphatic heterocycles. The van der Waals surface area contributed by atoms with Gasteiger partial charge in [0.1, 0.15) is 5.82 Å². The van der Waals surface area contributed by atoms with Gasteiger partial charge in [0.05, 0.1) is 10.4 Å². The third-order valence-electron chi connectivity index (χ3n) is 3.32. The Bertz CT molecular complexity index is 459. The lowest BCUT2D eigenvalue weighted by molar-refractivity contribution is -0.179. The number of anilines is 2. The minimum atomic E-state index is -4.09. The fraction of sp³-hybridized carbons (Fsp3) is 0.667. The zero-order valence-electron chi connectivity index (χ0n) is 11.0. The van der Waals surface area contributed by atoms with E-state index in [0.717, 1.165) is 0 Å². The maximum absolute atomic E-state index is 12.7. The molecule has 1 saturated heterocycles. The maximum Gasteiger partial charge on any atom is 0.391 e. The van der Waals surface area contributed by atoms with Crippen LogP contribution in [0.5, 0.6) is 0 Å². The molecular formula is C12H16BrF3N4. The van der Waals surface area contributed by atoms with Crippen LogP contribution in [0.4, 0.5) is 24.9 Å². The first-order valence-electron chi connectivity index (χ1n) is 6.50. The summed E-state index contributed by atoms with van der Waals surface area (Å²) < 4.78 is 38.7. The van der Waals surface area contributed by atoms with E-state index >= 15 is 0 Å². The largest absolute Gasteiger partial charge is 0.391 e. The molecule has 1 N–H and O–H groups in total. The number of rotatable bonds is 3. The van der Waals surface area contributed by atoms with Crippen molar-refractivity contribution in [2.24, 2.45) is 5.92 Å². The second kappa shape index (κ2) is 6.15. The van der Waals surface area contributed by atoms with Crippen LogP contribution < -0.4 is 10.2 Å². The van der Waals surface area contributed by atoms with Crippen LogP contribution in [-0.4, -0.2) is 35.8 Å². The van der Waals surface area contributed by atoms with Gasteiger partial charge >= 0.3 is 6.18 Å². The van der Waals surface area contributed by atoms with Crippen LogP contribution in [0.2, 0.25) is 0 Å².